The van der Waals surface area contributed by atoms with Gasteiger partial charge in [-0.3, -0.25) is 4.79 Å². The van der Waals surface area contributed by atoms with Crippen molar-refractivity contribution in [1.29, 1.82) is 0 Å². The van der Waals surface area contributed by atoms with Gasteiger partial charge in [0.15, 0.2) is 0 Å². The number of carbonyl (C=O) groups excluding carboxylic acids is 2. The van der Waals surface area contributed by atoms with E-state index in [0.717, 1.165) is 43.4 Å². The van der Waals surface area contributed by atoms with Crippen LogP contribution in [-0.2, 0) is 20.9 Å². The summed E-state index contributed by atoms with van der Waals surface area (Å²) in [7, 11) is 1.61. The smallest absolute Gasteiger partial charge is 0.335 e. The first-order chi connectivity index (χ1) is 11.6. The molecule has 1 amide bonds. The molecule has 24 heavy (non-hydrogen) atoms. The summed E-state index contributed by atoms with van der Waals surface area (Å²) in [5.74, 6) is 0.187. The molecule has 0 aromatic heterocycles. The summed E-state index contributed by atoms with van der Waals surface area (Å²) in [5.41, 5.74) is 1.21. The minimum Gasteiger partial charge on any atom is -0.497 e. The minimum absolute atomic E-state index is 0.205. The van der Waals surface area contributed by atoms with E-state index in [0.29, 0.717) is 17.7 Å². The standard InChI is InChI=1S/C19H23NO4/c1-13-16(19(24-18(13)22)9-4-3-5-10-19)17(21)20-12-14-7-6-8-15(11-14)23-2/h6-8,11H,3-5,9-10,12H2,1-2H3,(H,20,21). The van der Waals surface area contributed by atoms with Crippen molar-refractivity contribution in [2.75, 3.05) is 7.11 Å². The molecule has 1 aliphatic carbocycles. The number of carbonyl (C=O) groups is 2. The van der Waals surface area contributed by atoms with Gasteiger partial charge in [0.1, 0.15) is 11.4 Å². The van der Waals surface area contributed by atoms with Crippen LogP contribution in [0.5, 0.6) is 5.75 Å². The largest absolute Gasteiger partial charge is 0.497 e. The fourth-order valence-electron chi connectivity index (χ4n) is 3.65. The van der Waals surface area contributed by atoms with Gasteiger partial charge in [-0.1, -0.05) is 18.6 Å². The van der Waals surface area contributed by atoms with Crippen LogP contribution in [0.4, 0.5) is 0 Å². The number of methoxy groups -OCH3 is 1. The van der Waals surface area contributed by atoms with Crippen molar-refractivity contribution in [2.45, 2.75) is 51.2 Å². The molecule has 128 valence electrons. The molecule has 1 aliphatic heterocycles. The van der Waals surface area contributed by atoms with Crippen molar-refractivity contribution < 1.29 is 19.1 Å². The molecule has 0 saturated heterocycles. The lowest BCUT2D eigenvalue weighted by atomic mass is 9.78. The van der Waals surface area contributed by atoms with Crippen molar-refractivity contribution >= 4 is 11.9 Å². The second kappa shape index (κ2) is 6.67. The second-order valence-corrected chi connectivity index (χ2v) is 6.48. The zero-order chi connectivity index (χ0) is 17.2. The molecule has 1 heterocycles. The van der Waals surface area contributed by atoms with E-state index in [1.165, 1.54) is 0 Å². The Labute approximate surface area is 142 Å². The first kappa shape index (κ1) is 16.6. The number of esters is 1. The number of hydrogen-bond donors (Lipinski definition) is 1. The van der Waals surface area contributed by atoms with Crippen LogP contribution in [0.15, 0.2) is 35.4 Å². The molecule has 3 rings (SSSR count). The Kier molecular flexibility index (Phi) is 4.60. The van der Waals surface area contributed by atoms with Crippen molar-refractivity contribution in [3.05, 3.63) is 41.0 Å². The first-order valence-corrected chi connectivity index (χ1v) is 8.41. The topological polar surface area (TPSA) is 64.6 Å². The van der Waals surface area contributed by atoms with Crippen molar-refractivity contribution in [2.24, 2.45) is 0 Å². The lowest BCUT2D eigenvalue weighted by Crippen LogP contribution is -2.41. The number of ether oxygens (including phenoxy) is 2. The average Bonchev–Trinajstić information content (AvgIpc) is 2.83. The summed E-state index contributed by atoms with van der Waals surface area (Å²) in [5, 5.41) is 2.93. The molecule has 1 spiro atoms. The fraction of sp³-hybridized carbons (Fsp3) is 0.474. The molecule has 1 aromatic rings. The highest BCUT2D eigenvalue weighted by Crippen LogP contribution is 2.43. The average molecular weight is 329 g/mol. The van der Waals surface area contributed by atoms with Gasteiger partial charge in [-0.2, -0.15) is 0 Å². The summed E-state index contributed by atoms with van der Waals surface area (Å²) in [6, 6.07) is 7.55. The number of hydrogen-bond acceptors (Lipinski definition) is 4. The predicted molar refractivity (Wildman–Crippen MR) is 89.4 cm³/mol. The number of benzene rings is 1. The highest BCUT2D eigenvalue weighted by molar-refractivity contribution is 6.07. The van der Waals surface area contributed by atoms with Gasteiger partial charge in [-0.25, -0.2) is 4.79 Å². The molecular formula is C19H23NO4. The van der Waals surface area contributed by atoms with Gasteiger partial charge in [-0.05, 0) is 50.3 Å². The zero-order valence-corrected chi connectivity index (χ0v) is 14.2. The molecule has 1 aromatic carbocycles. The third-order valence-corrected chi connectivity index (χ3v) is 4.90. The van der Waals surface area contributed by atoms with Crippen molar-refractivity contribution in [3.63, 3.8) is 0 Å². The Morgan fingerprint density at radius 2 is 2.04 bits per heavy atom. The van der Waals surface area contributed by atoms with Gasteiger partial charge < -0.3 is 14.8 Å². The first-order valence-electron chi connectivity index (χ1n) is 8.41. The van der Waals surface area contributed by atoms with Crippen LogP contribution in [-0.4, -0.2) is 24.6 Å². The normalized spacial score (nSPS) is 19.3. The highest BCUT2D eigenvalue weighted by Gasteiger charge is 2.49. The van der Waals surface area contributed by atoms with Gasteiger partial charge in [0, 0.05) is 12.1 Å². The van der Waals surface area contributed by atoms with Crippen LogP contribution in [0.3, 0.4) is 0 Å². The molecular weight excluding hydrogens is 306 g/mol. The lowest BCUT2D eigenvalue weighted by Gasteiger charge is -2.34. The maximum atomic E-state index is 12.8. The van der Waals surface area contributed by atoms with Crippen LogP contribution < -0.4 is 10.1 Å². The van der Waals surface area contributed by atoms with Crippen LogP contribution in [0.2, 0.25) is 0 Å². The number of amides is 1. The molecule has 1 fully saturated rings. The fourth-order valence-corrected chi connectivity index (χ4v) is 3.65. The molecule has 5 heteroatoms. The highest BCUT2D eigenvalue weighted by atomic mass is 16.6. The van der Waals surface area contributed by atoms with Gasteiger partial charge >= 0.3 is 5.97 Å². The molecule has 1 saturated carbocycles. The summed E-state index contributed by atoms with van der Waals surface area (Å²) in [6.07, 6.45) is 4.55. The SMILES string of the molecule is COc1cccc(CNC(=O)C2=C(C)C(=O)OC23CCCCC3)c1. The molecule has 1 N–H and O–H groups in total. The lowest BCUT2D eigenvalue weighted by molar-refractivity contribution is -0.149. The Morgan fingerprint density at radius 3 is 2.75 bits per heavy atom. The van der Waals surface area contributed by atoms with E-state index in [2.05, 4.69) is 5.32 Å². The van der Waals surface area contributed by atoms with Gasteiger partial charge in [0.25, 0.3) is 5.91 Å². The van der Waals surface area contributed by atoms with E-state index in [1.54, 1.807) is 14.0 Å². The summed E-state index contributed by atoms with van der Waals surface area (Å²) >= 11 is 0. The molecule has 0 bridgehead atoms. The maximum Gasteiger partial charge on any atom is 0.335 e. The van der Waals surface area contributed by atoms with E-state index in [9.17, 15) is 9.59 Å². The van der Waals surface area contributed by atoms with Crippen molar-refractivity contribution in [1.82, 2.24) is 5.32 Å². The van der Waals surface area contributed by atoms with Crippen LogP contribution in [0.25, 0.3) is 0 Å². The quantitative estimate of drug-likeness (QED) is 0.863. The Bertz CT molecular complexity index is 686. The van der Waals surface area contributed by atoms with E-state index >= 15 is 0 Å². The Hall–Kier alpha value is -2.30. The summed E-state index contributed by atoms with van der Waals surface area (Å²) in [4.78, 5) is 24.8. The molecule has 0 atom stereocenters. The van der Waals surface area contributed by atoms with E-state index in [1.807, 2.05) is 24.3 Å². The van der Waals surface area contributed by atoms with Gasteiger partial charge in [-0.15, -0.1) is 0 Å². The second-order valence-electron chi connectivity index (χ2n) is 6.48. The van der Waals surface area contributed by atoms with E-state index < -0.39 is 5.60 Å². The van der Waals surface area contributed by atoms with Gasteiger partial charge in [0.05, 0.1) is 12.7 Å². The maximum absolute atomic E-state index is 12.8. The van der Waals surface area contributed by atoms with Crippen LogP contribution in [0.1, 0.15) is 44.6 Å². The Morgan fingerprint density at radius 1 is 1.29 bits per heavy atom. The monoisotopic (exact) mass is 329 g/mol. The predicted octanol–water partition coefficient (Wildman–Crippen LogP) is 2.89. The molecule has 5 nitrogen and oxygen atoms in total. The van der Waals surface area contributed by atoms with E-state index in [-0.39, 0.29) is 11.9 Å². The molecule has 0 unspecified atom stereocenters. The summed E-state index contributed by atoms with van der Waals surface area (Å²) in [6.45, 7) is 2.07. The molecule has 2 aliphatic rings. The number of nitrogens with one attached hydrogen (secondary N) is 1. The zero-order valence-electron chi connectivity index (χ0n) is 14.2. The van der Waals surface area contributed by atoms with Crippen LogP contribution >= 0.6 is 0 Å². The van der Waals surface area contributed by atoms with E-state index in [4.69, 9.17) is 9.47 Å². The van der Waals surface area contributed by atoms with Gasteiger partial charge in [0.2, 0.25) is 0 Å². The van der Waals surface area contributed by atoms with Crippen LogP contribution in [0, 0.1) is 0 Å². The third-order valence-electron chi connectivity index (χ3n) is 4.90. The molecule has 0 radical (unpaired) electrons. The summed E-state index contributed by atoms with van der Waals surface area (Å²) < 4.78 is 10.8. The minimum atomic E-state index is -0.710. The number of rotatable bonds is 4. The van der Waals surface area contributed by atoms with Crippen molar-refractivity contribution in [3.8, 4) is 5.75 Å². The Balaban J connectivity index is 1.76. The third kappa shape index (κ3) is 3.03.